The molecule has 122 valence electrons. The SMILES string of the molecule is CCCOc1ccc(OCC(=O)Nc2cccc(C)c2C)cc1. The Morgan fingerprint density at radius 3 is 2.30 bits per heavy atom. The monoisotopic (exact) mass is 313 g/mol. The second-order valence-corrected chi connectivity index (χ2v) is 5.40. The van der Waals surface area contributed by atoms with Crippen molar-refractivity contribution in [2.24, 2.45) is 0 Å². The van der Waals surface area contributed by atoms with Gasteiger partial charge in [-0.2, -0.15) is 0 Å². The molecule has 0 aliphatic rings. The third-order valence-corrected chi connectivity index (χ3v) is 3.55. The van der Waals surface area contributed by atoms with Crippen LogP contribution in [-0.4, -0.2) is 19.1 Å². The maximum atomic E-state index is 12.0. The van der Waals surface area contributed by atoms with E-state index in [2.05, 4.69) is 12.2 Å². The number of anilines is 1. The molecule has 2 aromatic carbocycles. The fraction of sp³-hybridized carbons (Fsp3) is 0.316. The van der Waals surface area contributed by atoms with E-state index >= 15 is 0 Å². The molecule has 1 N–H and O–H groups in total. The molecule has 0 saturated heterocycles. The molecule has 0 radical (unpaired) electrons. The van der Waals surface area contributed by atoms with Crippen LogP contribution in [0.4, 0.5) is 5.69 Å². The van der Waals surface area contributed by atoms with Crippen LogP contribution in [0.1, 0.15) is 24.5 Å². The summed E-state index contributed by atoms with van der Waals surface area (Å²) in [6.07, 6.45) is 0.969. The van der Waals surface area contributed by atoms with Gasteiger partial charge in [-0.15, -0.1) is 0 Å². The highest BCUT2D eigenvalue weighted by atomic mass is 16.5. The lowest BCUT2D eigenvalue weighted by atomic mass is 10.1. The van der Waals surface area contributed by atoms with Crippen LogP contribution in [0.5, 0.6) is 11.5 Å². The second-order valence-electron chi connectivity index (χ2n) is 5.40. The Balaban J connectivity index is 1.85. The molecule has 0 aliphatic heterocycles. The molecule has 1 amide bonds. The van der Waals surface area contributed by atoms with Gasteiger partial charge >= 0.3 is 0 Å². The van der Waals surface area contributed by atoms with Gasteiger partial charge in [0.1, 0.15) is 11.5 Å². The molecule has 0 saturated carbocycles. The van der Waals surface area contributed by atoms with Crippen LogP contribution in [0.25, 0.3) is 0 Å². The molecular formula is C19H23NO3. The highest BCUT2D eigenvalue weighted by Gasteiger charge is 2.07. The van der Waals surface area contributed by atoms with E-state index < -0.39 is 0 Å². The standard InChI is InChI=1S/C19H23NO3/c1-4-12-22-16-8-10-17(11-9-16)23-13-19(21)20-18-7-5-6-14(2)15(18)3/h5-11H,4,12-13H2,1-3H3,(H,20,21). The minimum atomic E-state index is -0.176. The lowest BCUT2D eigenvalue weighted by molar-refractivity contribution is -0.118. The maximum Gasteiger partial charge on any atom is 0.262 e. The Morgan fingerprint density at radius 2 is 1.65 bits per heavy atom. The zero-order valence-electron chi connectivity index (χ0n) is 13.9. The van der Waals surface area contributed by atoms with E-state index in [-0.39, 0.29) is 12.5 Å². The fourth-order valence-electron chi connectivity index (χ4n) is 2.07. The third kappa shape index (κ3) is 5.02. The molecule has 2 aromatic rings. The molecule has 0 heterocycles. The smallest absolute Gasteiger partial charge is 0.262 e. The van der Waals surface area contributed by atoms with Crippen molar-refractivity contribution in [3.63, 3.8) is 0 Å². The molecule has 4 nitrogen and oxygen atoms in total. The number of aryl methyl sites for hydroxylation is 1. The van der Waals surface area contributed by atoms with E-state index in [9.17, 15) is 4.79 Å². The summed E-state index contributed by atoms with van der Waals surface area (Å²) < 4.78 is 11.0. The van der Waals surface area contributed by atoms with E-state index in [0.717, 1.165) is 29.0 Å². The fourth-order valence-corrected chi connectivity index (χ4v) is 2.07. The Kier molecular flexibility index (Phi) is 6.03. The van der Waals surface area contributed by atoms with Crippen molar-refractivity contribution in [3.8, 4) is 11.5 Å². The van der Waals surface area contributed by atoms with Gasteiger partial charge in [0.15, 0.2) is 6.61 Å². The summed E-state index contributed by atoms with van der Waals surface area (Å²) >= 11 is 0. The van der Waals surface area contributed by atoms with Crippen molar-refractivity contribution in [1.82, 2.24) is 0 Å². The first-order valence-corrected chi connectivity index (χ1v) is 7.82. The predicted molar refractivity (Wildman–Crippen MR) is 92.3 cm³/mol. The first kappa shape index (κ1) is 16.9. The van der Waals surface area contributed by atoms with Gasteiger partial charge in [0.05, 0.1) is 6.61 Å². The zero-order chi connectivity index (χ0) is 16.7. The molecule has 0 spiro atoms. The highest BCUT2D eigenvalue weighted by Crippen LogP contribution is 2.19. The van der Waals surface area contributed by atoms with Gasteiger partial charge in [0.2, 0.25) is 0 Å². The van der Waals surface area contributed by atoms with E-state index in [1.165, 1.54) is 0 Å². The van der Waals surface area contributed by atoms with E-state index in [1.54, 1.807) is 12.1 Å². The van der Waals surface area contributed by atoms with Gasteiger partial charge < -0.3 is 14.8 Å². The number of carbonyl (C=O) groups is 1. The number of hydrogen-bond acceptors (Lipinski definition) is 3. The Bertz CT molecular complexity index is 650. The lowest BCUT2D eigenvalue weighted by Gasteiger charge is -2.11. The largest absolute Gasteiger partial charge is 0.494 e. The number of amides is 1. The van der Waals surface area contributed by atoms with Gasteiger partial charge in [-0.3, -0.25) is 4.79 Å². The average molecular weight is 313 g/mol. The van der Waals surface area contributed by atoms with Crippen molar-refractivity contribution in [1.29, 1.82) is 0 Å². The summed E-state index contributed by atoms with van der Waals surface area (Å²) in [6.45, 7) is 6.73. The van der Waals surface area contributed by atoms with E-state index in [0.29, 0.717) is 12.4 Å². The average Bonchev–Trinajstić information content (AvgIpc) is 2.56. The summed E-state index contributed by atoms with van der Waals surface area (Å²) in [5.74, 6) is 1.27. The van der Waals surface area contributed by atoms with Crippen LogP contribution < -0.4 is 14.8 Å². The van der Waals surface area contributed by atoms with Crippen molar-refractivity contribution >= 4 is 11.6 Å². The van der Waals surface area contributed by atoms with Crippen LogP contribution in [0, 0.1) is 13.8 Å². The van der Waals surface area contributed by atoms with Crippen LogP contribution in [-0.2, 0) is 4.79 Å². The first-order chi connectivity index (χ1) is 11.1. The van der Waals surface area contributed by atoms with Crippen LogP contribution in [0.3, 0.4) is 0 Å². The number of nitrogens with one attached hydrogen (secondary N) is 1. The highest BCUT2D eigenvalue weighted by molar-refractivity contribution is 5.92. The molecule has 23 heavy (non-hydrogen) atoms. The van der Waals surface area contributed by atoms with E-state index in [4.69, 9.17) is 9.47 Å². The number of carbonyl (C=O) groups excluding carboxylic acids is 1. The molecule has 0 bridgehead atoms. The van der Waals surface area contributed by atoms with Crippen LogP contribution in [0.15, 0.2) is 42.5 Å². The summed E-state index contributed by atoms with van der Waals surface area (Å²) in [5, 5.41) is 2.87. The van der Waals surface area contributed by atoms with Crippen molar-refractivity contribution in [2.45, 2.75) is 27.2 Å². The summed E-state index contributed by atoms with van der Waals surface area (Å²) in [7, 11) is 0. The predicted octanol–water partition coefficient (Wildman–Crippen LogP) is 4.11. The quantitative estimate of drug-likeness (QED) is 0.837. The minimum Gasteiger partial charge on any atom is -0.494 e. The second kappa shape index (κ2) is 8.22. The molecule has 0 aromatic heterocycles. The number of hydrogen-bond donors (Lipinski definition) is 1. The van der Waals surface area contributed by atoms with Gasteiger partial charge in [-0.05, 0) is 61.7 Å². The Morgan fingerprint density at radius 1 is 1.00 bits per heavy atom. The Hall–Kier alpha value is -2.49. The minimum absolute atomic E-state index is 0.0253. The van der Waals surface area contributed by atoms with Gasteiger partial charge in [-0.1, -0.05) is 19.1 Å². The number of rotatable bonds is 7. The topological polar surface area (TPSA) is 47.6 Å². The normalized spacial score (nSPS) is 10.2. The summed E-state index contributed by atoms with van der Waals surface area (Å²) in [4.78, 5) is 12.0. The van der Waals surface area contributed by atoms with Crippen molar-refractivity contribution in [3.05, 3.63) is 53.6 Å². The van der Waals surface area contributed by atoms with Crippen LogP contribution >= 0.6 is 0 Å². The van der Waals surface area contributed by atoms with Crippen molar-refractivity contribution in [2.75, 3.05) is 18.5 Å². The molecule has 0 aliphatic carbocycles. The van der Waals surface area contributed by atoms with Gasteiger partial charge in [-0.25, -0.2) is 0 Å². The maximum absolute atomic E-state index is 12.0. The lowest BCUT2D eigenvalue weighted by Crippen LogP contribution is -2.20. The van der Waals surface area contributed by atoms with Gasteiger partial charge in [0, 0.05) is 5.69 Å². The van der Waals surface area contributed by atoms with Crippen molar-refractivity contribution < 1.29 is 14.3 Å². The molecule has 0 unspecified atom stereocenters. The molecule has 2 rings (SSSR count). The van der Waals surface area contributed by atoms with Crippen LogP contribution in [0.2, 0.25) is 0 Å². The molecular weight excluding hydrogens is 290 g/mol. The molecule has 0 atom stereocenters. The number of benzene rings is 2. The van der Waals surface area contributed by atoms with Gasteiger partial charge in [0.25, 0.3) is 5.91 Å². The third-order valence-electron chi connectivity index (χ3n) is 3.55. The summed E-state index contributed by atoms with van der Waals surface area (Å²) in [6, 6.07) is 13.1. The molecule has 4 heteroatoms. The Labute approximate surface area is 137 Å². The summed E-state index contributed by atoms with van der Waals surface area (Å²) in [5.41, 5.74) is 3.03. The zero-order valence-corrected chi connectivity index (χ0v) is 13.9. The first-order valence-electron chi connectivity index (χ1n) is 7.82. The van der Waals surface area contributed by atoms with E-state index in [1.807, 2.05) is 44.2 Å². The number of ether oxygens (including phenoxy) is 2. The molecule has 0 fully saturated rings.